The Bertz CT molecular complexity index is 216. The zero-order chi connectivity index (χ0) is 8.27. The summed E-state index contributed by atoms with van der Waals surface area (Å²) in [6, 6.07) is 8.04. The third kappa shape index (κ3) is 2.22. The molecule has 1 nitrogen and oxygen atoms in total. The highest BCUT2D eigenvalue weighted by molar-refractivity contribution is 9.09. The maximum Gasteiger partial charge on any atom is 0.118 e. The summed E-state index contributed by atoms with van der Waals surface area (Å²) >= 11 is 3.49. The van der Waals surface area contributed by atoms with E-state index < -0.39 is 0 Å². The number of methoxy groups -OCH3 is 1. The molecule has 1 unspecified atom stereocenters. The molecular formula is C9H11BrO. The Balaban J connectivity index is 2.83. The molecule has 0 saturated carbocycles. The van der Waals surface area contributed by atoms with E-state index in [4.69, 9.17) is 4.74 Å². The topological polar surface area (TPSA) is 9.23 Å². The van der Waals surface area contributed by atoms with E-state index in [0.717, 1.165) is 5.75 Å². The molecule has 0 aromatic heterocycles. The lowest BCUT2D eigenvalue weighted by Gasteiger charge is -2.04. The van der Waals surface area contributed by atoms with E-state index in [0.29, 0.717) is 4.83 Å². The molecule has 0 radical (unpaired) electrons. The van der Waals surface area contributed by atoms with E-state index in [2.05, 4.69) is 35.0 Å². The molecule has 0 aliphatic rings. The maximum absolute atomic E-state index is 5.03. The third-order valence-corrected chi connectivity index (χ3v) is 2.10. The lowest BCUT2D eigenvalue weighted by Crippen LogP contribution is -1.85. The summed E-state index contributed by atoms with van der Waals surface area (Å²) in [4.78, 5) is 0.411. The average Bonchev–Trinajstić information content (AvgIpc) is 2.05. The van der Waals surface area contributed by atoms with Crippen LogP contribution in [0.25, 0.3) is 0 Å². The van der Waals surface area contributed by atoms with Gasteiger partial charge in [-0.3, -0.25) is 0 Å². The van der Waals surface area contributed by atoms with Crippen molar-refractivity contribution in [2.75, 3.05) is 7.11 Å². The molecule has 0 aliphatic carbocycles. The molecule has 0 saturated heterocycles. The van der Waals surface area contributed by atoms with E-state index in [1.54, 1.807) is 7.11 Å². The molecular weight excluding hydrogens is 204 g/mol. The third-order valence-electron chi connectivity index (χ3n) is 1.58. The molecule has 1 aromatic carbocycles. The second-order valence-corrected chi connectivity index (χ2v) is 3.76. The lowest BCUT2D eigenvalue weighted by atomic mass is 10.2. The van der Waals surface area contributed by atoms with Crippen molar-refractivity contribution < 1.29 is 4.74 Å². The molecule has 1 atom stereocenters. The van der Waals surface area contributed by atoms with Crippen molar-refractivity contribution >= 4 is 15.9 Å². The van der Waals surface area contributed by atoms with Gasteiger partial charge in [0, 0.05) is 4.83 Å². The molecule has 0 fully saturated rings. The van der Waals surface area contributed by atoms with Crippen molar-refractivity contribution in [2.45, 2.75) is 11.8 Å². The van der Waals surface area contributed by atoms with Crippen LogP contribution < -0.4 is 4.74 Å². The Labute approximate surface area is 75.5 Å². The highest BCUT2D eigenvalue weighted by Gasteiger charge is 1.98. The first kappa shape index (κ1) is 8.60. The van der Waals surface area contributed by atoms with Gasteiger partial charge in [0.15, 0.2) is 0 Å². The highest BCUT2D eigenvalue weighted by atomic mass is 79.9. The monoisotopic (exact) mass is 214 g/mol. The van der Waals surface area contributed by atoms with Crippen molar-refractivity contribution in [1.82, 2.24) is 0 Å². The van der Waals surface area contributed by atoms with Gasteiger partial charge in [0.25, 0.3) is 0 Å². The molecule has 11 heavy (non-hydrogen) atoms. The highest BCUT2D eigenvalue weighted by Crippen LogP contribution is 2.23. The minimum atomic E-state index is 0.411. The molecule has 2 heteroatoms. The minimum absolute atomic E-state index is 0.411. The van der Waals surface area contributed by atoms with Crippen molar-refractivity contribution in [3.05, 3.63) is 29.8 Å². The van der Waals surface area contributed by atoms with Gasteiger partial charge in [-0.25, -0.2) is 0 Å². The van der Waals surface area contributed by atoms with Gasteiger partial charge in [-0.1, -0.05) is 28.1 Å². The summed E-state index contributed by atoms with van der Waals surface area (Å²) in [7, 11) is 1.67. The standard InChI is InChI=1S/C9H11BrO/c1-7(10)8-3-5-9(11-2)6-4-8/h3-7H,1-2H3. The predicted molar refractivity (Wildman–Crippen MR) is 50.3 cm³/mol. The van der Waals surface area contributed by atoms with Gasteiger partial charge >= 0.3 is 0 Å². The molecule has 0 amide bonds. The largest absolute Gasteiger partial charge is 0.497 e. The molecule has 0 spiro atoms. The quantitative estimate of drug-likeness (QED) is 0.688. The Kier molecular flexibility index (Phi) is 2.94. The van der Waals surface area contributed by atoms with Crippen LogP contribution in [0.3, 0.4) is 0 Å². The average molecular weight is 215 g/mol. The fraction of sp³-hybridized carbons (Fsp3) is 0.333. The normalized spacial score (nSPS) is 12.6. The summed E-state index contributed by atoms with van der Waals surface area (Å²) in [5, 5.41) is 0. The Morgan fingerprint density at radius 2 is 1.82 bits per heavy atom. The second-order valence-electron chi connectivity index (χ2n) is 2.39. The van der Waals surface area contributed by atoms with Crippen molar-refractivity contribution in [3.63, 3.8) is 0 Å². The van der Waals surface area contributed by atoms with E-state index in [-0.39, 0.29) is 0 Å². The molecule has 60 valence electrons. The van der Waals surface area contributed by atoms with E-state index >= 15 is 0 Å². The number of hydrogen-bond donors (Lipinski definition) is 0. The van der Waals surface area contributed by atoms with Gasteiger partial charge in [0.1, 0.15) is 5.75 Å². The van der Waals surface area contributed by atoms with Crippen LogP contribution in [-0.4, -0.2) is 7.11 Å². The number of halogens is 1. The van der Waals surface area contributed by atoms with Crippen LogP contribution in [0.2, 0.25) is 0 Å². The first-order valence-electron chi connectivity index (χ1n) is 3.52. The van der Waals surface area contributed by atoms with Gasteiger partial charge in [0.2, 0.25) is 0 Å². The zero-order valence-corrected chi connectivity index (χ0v) is 8.26. The Morgan fingerprint density at radius 1 is 1.27 bits per heavy atom. The first-order valence-corrected chi connectivity index (χ1v) is 4.43. The van der Waals surface area contributed by atoms with Crippen LogP contribution >= 0.6 is 15.9 Å². The van der Waals surface area contributed by atoms with E-state index in [9.17, 15) is 0 Å². The molecule has 0 N–H and O–H groups in total. The van der Waals surface area contributed by atoms with Gasteiger partial charge in [0.05, 0.1) is 7.11 Å². The summed E-state index contributed by atoms with van der Waals surface area (Å²) in [5.74, 6) is 0.905. The van der Waals surface area contributed by atoms with Gasteiger partial charge in [-0.2, -0.15) is 0 Å². The molecule has 0 heterocycles. The summed E-state index contributed by atoms with van der Waals surface area (Å²) in [5.41, 5.74) is 1.27. The summed E-state index contributed by atoms with van der Waals surface area (Å²) < 4.78 is 5.03. The van der Waals surface area contributed by atoms with E-state index in [1.807, 2.05) is 12.1 Å². The summed E-state index contributed by atoms with van der Waals surface area (Å²) in [6.45, 7) is 2.10. The number of hydrogen-bond acceptors (Lipinski definition) is 1. The van der Waals surface area contributed by atoms with Crippen molar-refractivity contribution in [1.29, 1.82) is 0 Å². The number of benzene rings is 1. The van der Waals surface area contributed by atoms with E-state index in [1.165, 1.54) is 5.56 Å². The van der Waals surface area contributed by atoms with Crippen LogP contribution in [0.4, 0.5) is 0 Å². The minimum Gasteiger partial charge on any atom is -0.497 e. The van der Waals surface area contributed by atoms with Crippen LogP contribution in [0.5, 0.6) is 5.75 Å². The molecule has 0 aliphatic heterocycles. The van der Waals surface area contributed by atoms with Crippen molar-refractivity contribution in [2.24, 2.45) is 0 Å². The Morgan fingerprint density at radius 3 is 2.18 bits per heavy atom. The fourth-order valence-corrected chi connectivity index (χ4v) is 1.17. The second kappa shape index (κ2) is 3.77. The first-order chi connectivity index (χ1) is 5.24. The molecule has 0 bridgehead atoms. The smallest absolute Gasteiger partial charge is 0.118 e. The van der Waals surface area contributed by atoms with Crippen LogP contribution in [0.1, 0.15) is 17.3 Å². The zero-order valence-electron chi connectivity index (χ0n) is 6.67. The number of alkyl halides is 1. The van der Waals surface area contributed by atoms with Crippen molar-refractivity contribution in [3.8, 4) is 5.75 Å². The summed E-state index contributed by atoms with van der Waals surface area (Å²) in [6.07, 6.45) is 0. The van der Waals surface area contributed by atoms with Gasteiger partial charge in [-0.15, -0.1) is 0 Å². The van der Waals surface area contributed by atoms with Crippen LogP contribution in [-0.2, 0) is 0 Å². The van der Waals surface area contributed by atoms with Crippen LogP contribution in [0.15, 0.2) is 24.3 Å². The van der Waals surface area contributed by atoms with Gasteiger partial charge < -0.3 is 4.74 Å². The number of rotatable bonds is 2. The molecule has 1 rings (SSSR count). The predicted octanol–water partition coefficient (Wildman–Crippen LogP) is 3.15. The lowest BCUT2D eigenvalue weighted by molar-refractivity contribution is 0.414. The Hall–Kier alpha value is -0.500. The fourth-order valence-electron chi connectivity index (χ4n) is 0.869. The van der Waals surface area contributed by atoms with Gasteiger partial charge in [-0.05, 0) is 24.6 Å². The molecule has 1 aromatic rings. The SMILES string of the molecule is COc1ccc(C(C)Br)cc1. The number of ether oxygens (including phenoxy) is 1. The maximum atomic E-state index is 5.03. The van der Waals surface area contributed by atoms with Crippen LogP contribution in [0, 0.1) is 0 Å².